The van der Waals surface area contributed by atoms with Gasteiger partial charge in [0.25, 0.3) is 10.1 Å². The molecule has 0 aliphatic rings. The van der Waals surface area contributed by atoms with Crippen molar-refractivity contribution >= 4 is 20.4 Å². The summed E-state index contributed by atoms with van der Waals surface area (Å²) in [4.78, 5) is 0. The Morgan fingerprint density at radius 3 is 1.30 bits per heavy atom. The molecule has 0 aromatic carbocycles. The molecule has 0 aliphatic heterocycles. The van der Waals surface area contributed by atoms with Crippen LogP contribution in [0.3, 0.4) is 0 Å². The smallest absolute Gasteiger partial charge is 0.286 e. The van der Waals surface area contributed by atoms with Crippen LogP contribution in [0.1, 0.15) is 96.8 Å². The molecule has 2 N–H and O–H groups in total. The van der Waals surface area contributed by atoms with Gasteiger partial charge in [0.15, 0.2) is 0 Å². The van der Waals surface area contributed by atoms with E-state index in [1.165, 1.54) is 64.2 Å². The monoisotopic (exact) mass is 429 g/mol. The predicted molar refractivity (Wildman–Crippen MR) is 110 cm³/mol. The fraction of sp³-hybridized carbons (Fsp3) is 1.00. The number of hydrogen-bond acceptors (Lipinski definition) is 4. The Kier molecular flexibility index (Phi) is 15.5. The lowest BCUT2D eigenvalue weighted by molar-refractivity contribution is 0.351. The van der Waals surface area contributed by atoms with E-state index in [4.69, 9.17) is 9.11 Å². The SMILES string of the molecule is CCCCCCCCCCCCCCCCN(CCS(=O)(=O)O)S(=O)(=O)O. The molecule has 7 nitrogen and oxygen atoms in total. The van der Waals surface area contributed by atoms with Gasteiger partial charge >= 0.3 is 10.3 Å². The first kappa shape index (κ1) is 26.8. The molecule has 164 valence electrons. The number of hydrogen-bond donors (Lipinski definition) is 2. The van der Waals surface area contributed by atoms with E-state index in [9.17, 15) is 16.8 Å². The van der Waals surface area contributed by atoms with Crippen molar-refractivity contribution in [1.29, 1.82) is 0 Å². The Bertz CT molecular complexity index is 548. The summed E-state index contributed by atoms with van der Waals surface area (Å²) in [5.41, 5.74) is 0. The van der Waals surface area contributed by atoms with Crippen molar-refractivity contribution in [3.8, 4) is 0 Å². The van der Waals surface area contributed by atoms with Crippen molar-refractivity contribution in [2.24, 2.45) is 0 Å². The zero-order valence-electron chi connectivity index (χ0n) is 16.8. The molecular weight excluding hydrogens is 390 g/mol. The Labute approximate surface area is 166 Å². The highest BCUT2D eigenvalue weighted by Gasteiger charge is 2.20. The maximum absolute atomic E-state index is 11.2. The minimum absolute atomic E-state index is 0.0619. The molecule has 0 saturated carbocycles. The van der Waals surface area contributed by atoms with Crippen molar-refractivity contribution in [1.82, 2.24) is 4.31 Å². The van der Waals surface area contributed by atoms with Gasteiger partial charge in [0, 0.05) is 13.1 Å². The maximum atomic E-state index is 11.2. The predicted octanol–water partition coefficient (Wildman–Crippen LogP) is 4.46. The van der Waals surface area contributed by atoms with Crippen LogP contribution >= 0.6 is 0 Å². The molecule has 0 spiro atoms. The second-order valence-corrected chi connectivity index (χ2v) is 10.2. The second kappa shape index (κ2) is 15.7. The van der Waals surface area contributed by atoms with E-state index in [1.54, 1.807) is 0 Å². The van der Waals surface area contributed by atoms with Crippen LogP contribution in [0.2, 0.25) is 0 Å². The molecular formula is C18H39NO6S2. The minimum Gasteiger partial charge on any atom is -0.286 e. The summed E-state index contributed by atoms with van der Waals surface area (Å²) in [7, 11) is -8.70. The van der Waals surface area contributed by atoms with Gasteiger partial charge in [-0.2, -0.15) is 21.1 Å². The third kappa shape index (κ3) is 18.9. The summed E-state index contributed by atoms with van der Waals surface area (Å²) < 4.78 is 62.4. The van der Waals surface area contributed by atoms with Gasteiger partial charge in [0.05, 0.1) is 5.75 Å². The first-order chi connectivity index (χ1) is 12.7. The highest BCUT2D eigenvalue weighted by Crippen LogP contribution is 2.13. The van der Waals surface area contributed by atoms with E-state index in [1.807, 2.05) is 0 Å². The Hall–Kier alpha value is -0.220. The highest BCUT2D eigenvalue weighted by atomic mass is 32.2. The minimum atomic E-state index is -4.45. The largest absolute Gasteiger partial charge is 0.335 e. The summed E-state index contributed by atoms with van der Waals surface area (Å²) in [6.45, 7) is 1.86. The number of rotatable bonds is 19. The van der Waals surface area contributed by atoms with Gasteiger partial charge < -0.3 is 0 Å². The lowest BCUT2D eigenvalue weighted by Crippen LogP contribution is -2.35. The van der Waals surface area contributed by atoms with Gasteiger partial charge in [0.2, 0.25) is 0 Å². The molecule has 0 aromatic heterocycles. The Morgan fingerprint density at radius 1 is 0.593 bits per heavy atom. The summed E-state index contributed by atoms with van der Waals surface area (Å²) in [6.07, 6.45) is 16.5. The summed E-state index contributed by atoms with van der Waals surface area (Å²) >= 11 is 0. The van der Waals surface area contributed by atoms with Crippen molar-refractivity contribution in [2.75, 3.05) is 18.8 Å². The lowest BCUT2D eigenvalue weighted by Gasteiger charge is -2.17. The zero-order chi connectivity index (χ0) is 20.6. The molecule has 0 radical (unpaired) electrons. The fourth-order valence-electron chi connectivity index (χ4n) is 3.04. The van der Waals surface area contributed by atoms with E-state index >= 15 is 0 Å². The van der Waals surface area contributed by atoms with E-state index in [0.717, 1.165) is 19.3 Å². The van der Waals surface area contributed by atoms with Crippen LogP contribution in [0, 0.1) is 0 Å². The number of nitrogens with zero attached hydrogens (tertiary/aromatic N) is 1. The van der Waals surface area contributed by atoms with Crippen molar-refractivity contribution in [2.45, 2.75) is 96.8 Å². The summed E-state index contributed by atoms with van der Waals surface area (Å²) in [6, 6.07) is 0. The van der Waals surface area contributed by atoms with Crippen LogP contribution in [0.4, 0.5) is 0 Å². The van der Waals surface area contributed by atoms with Gasteiger partial charge in [-0.1, -0.05) is 90.4 Å². The second-order valence-electron chi connectivity index (χ2n) is 7.26. The molecule has 0 rings (SSSR count). The summed E-state index contributed by atoms with van der Waals surface area (Å²) in [5.74, 6) is -0.717. The molecule has 0 heterocycles. The van der Waals surface area contributed by atoms with Crippen molar-refractivity contribution < 1.29 is 25.9 Å². The van der Waals surface area contributed by atoms with E-state index in [2.05, 4.69) is 6.92 Å². The molecule has 0 bridgehead atoms. The van der Waals surface area contributed by atoms with Gasteiger partial charge in [-0.3, -0.25) is 9.11 Å². The highest BCUT2D eigenvalue weighted by molar-refractivity contribution is 7.86. The standard InChI is InChI=1S/C18H39NO6S2/c1-2-3-4-5-6-7-8-9-10-11-12-13-14-15-16-19(27(23,24)25)17-18-26(20,21)22/h2-18H2,1H3,(H,20,21,22)(H,23,24,25). The molecule has 0 aromatic rings. The molecule has 9 heteroatoms. The average molecular weight is 430 g/mol. The van der Waals surface area contributed by atoms with Gasteiger partial charge in [-0.05, 0) is 6.42 Å². The van der Waals surface area contributed by atoms with Gasteiger partial charge in [-0.25, -0.2) is 0 Å². The maximum Gasteiger partial charge on any atom is 0.335 e. The zero-order valence-corrected chi connectivity index (χ0v) is 18.4. The van der Waals surface area contributed by atoms with Crippen molar-refractivity contribution in [3.05, 3.63) is 0 Å². The van der Waals surface area contributed by atoms with Crippen LogP contribution in [0.25, 0.3) is 0 Å². The van der Waals surface area contributed by atoms with E-state index in [0.29, 0.717) is 10.7 Å². The summed E-state index contributed by atoms with van der Waals surface area (Å²) in [5, 5.41) is 0. The first-order valence-electron chi connectivity index (χ1n) is 10.3. The van der Waals surface area contributed by atoms with Crippen LogP contribution in [-0.2, 0) is 20.4 Å². The Balaban J connectivity index is 3.60. The quantitative estimate of drug-likeness (QED) is 0.231. The molecule has 27 heavy (non-hydrogen) atoms. The van der Waals surface area contributed by atoms with Gasteiger partial charge in [0.1, 0.15) is 0 Å². The Morgan fingerprint density at radius 2 is 0.963 bits per heavy atom. The van der Waals surface area contributed by atoms with Crippen LogP contribution in [0.5, 0.6) is 0 Å². The van der Waals surface area contributed by atoms with Crippen LogP contribution < -0.4 is 0 Å². The van der Waals surface area contributed by atoms with E-state index < -0.39 is 32.7 Å². The van der Waals surface area contributed by atoms with Crippen LogP contribution in [0.15, 0.2) is 0 Å². The number of unbranched alkanes of at least 4 members (excludes halogenated alkanes) is 13. The normalized spacial score (nSPS) is 12.7. The average Bonchev–Trinajstić information content (AvgIpc) is 2.55. The van der Waals surface area contributed by atoms with Crippen LogP contribution in [-0.4, -0.2) is 49.1 Å². The van der Waals surface area contributed by atoms with Gasteiger partial charge in [-0.15, -0.1) is 0 Å². The molecule has 0 unspecified atom stereocenters. The molecule has 0 aliphatic carbocycles. The van der Waals surface area contributed by atoms with E-state index in [-0.39, 0.29) is 6.54 Å². The third-order valence-corrected chi connectivity index (χ3v) is 6.40. The van der Waals surface area contributed by atoms with Crippen molar-refractivity contribution in [3.63, 3.8) is 0 Å². The third-order valence-electron chi connectivity index (χ3n) is 4.69. The topological polar surface area (TPSA) is 112 Å². The first-order valence-corrected chi connectivity index (χ1v) is 13.3. The molecule has 0 amide bonds. The fourth-order valence-corrected chi connectivity index (χ4v) is 4.29. The molecule has 0 atom stereocenters. The molecule has 0 saturated heterocycles. The molecule has 0 fully saturated rings. The lowest BCUT2D eigenvalue weighted by atomic mass is 10.0.